The van der Waals surface area contributed by atoms with Crippen LogP contribution in [0.5, 0.6) is 0 Å². The quantitative estimate of drug-likeness (QED) is 0.796. The predicted molar refractivity (Wildman–Crippen MR) is 72.1 cm³/mol. The van der Waals surface area contributed by atoms with E-state index in [4.69, 9.17) is 5.73 Å². The number of rotatable bonds is 5. The number of carbonyl (C=O) groups excluding carboxylic acids is 1. The summed E-state index contributed by atoms with van der Waals surface area (Å²) in [6.07, 6.45) is 1.94. The van der Waals surface area contributed by atoms with Crippen molar-refractivity contribution in [3.63, 3.8) is 0 Å². The Labute approximate surface area is 104 Å². The third kappa shape index (κ3) is 3.22. The molecule has 0 saturated carbocycles. The standard InChI is InChI=1S/C14H22N2O/c1-4-9-16(10-5-2)14(17)13-11(3)7-6-8-12(13)15/h6-8H,4-5,9-10,15H2,1-3H3. The van der Waals surface area contributed by atoms with Crippen LogP contribution in [-0.2, 0) is 0 Å². The molecule has 0 radical (unpaired) electrons. The van der Waals surface area contributed by atoms with Gasteiger partial charge in [0.25, 0.3) is 5.91 Å². The van der Waals surface area contributed by atoms with E-state index >= 15 is 0 Å². The van der Waals surface area contributed by atoms with Crippen molar-refractivity contribution in [3.8, 4) is 0 Å². The summed E-state index contributed by atoms with van der Waals surface area (Å²) >= 11 is 0. The van der Waals surface area contributed by atoms with Crippen molar-refractivity contribution in [1.29, 1.82) is 0 Å². The van der Waals surface area contributed by atoms with Crippen LogP contribution in [0, 0.1) is 6.92 Å². The van der Waals surface area contributed by atoms with Gasteiger partial charge in [0.2, 0.25) is 0 Å². The summed E-state index contributed by atoms with van der Waals surface area (Å²) in [6.45, 7) is 7.68. The molecule has 1 aromatic carbocycles. The Bertz CT molecular complexity index is 362. The molecule has 0 heterocycles. The van der Waals surface area contributed by atoms with E-state index < -0.39 is 0 Å². The molecule has 1 amide bonds. The van der Waals surface area contributed by atoms with Crippen LogP contribution < -0.4 is 5.73 Å². The Kier molecular flexibility index (Phi) is 5.01. The number of nitrogens with two attached hydrogens (primary N) is 1. The SMILES string of the molecule is CCCN(CCC)C(=O)c1c(C)cccc1N. The Morgan fingerprint density at radius 1 is 1.24 bits per heavy atom. The van der Waals surface area contributed by atoms with Gasteiger partial charge in [0.05, 0.1) is 5.56 Å². The average Bonchev–Trinajstić information content (AvgIpc) is 2.28. The fourth-order valence-corrected chi connectivity index (χ4v) is 2.00. The molecule has 2 N–H and O–H groups in total. The summed E-state index contributed by atoms with van der Waals surface area (Å²) in [5, 5.41) is 0. The fourth-order valence-electron chi connectivity index (χ4n) is 2.00. The zero-order valence-electron chi connectivity index (χ0n) is 11.0. The number of amides is 1. The second kappa shape index (κ2) is 6.28. The van der Waals surface area contributed by atoms with Crippen LogP contribution in [0.1, 0.15) is 42.6 Å². The molecule has 0 bridgehead atoms. The summed E-state index contributed by atoms with van der Waals surface area (Å²) in [4.78, 5) is 14.3. The summed E-state index contributed by atoms with van der Waals surface area (Å²) < 4.78 is 0. The minimum Gasteiger partial charge on any atom is -0.398 e. The summed E-state index contributed by atoms with van der Waals surface area (Å²) in [5.74, 6) is 0.0595. The van der Waals surface area contributed by atoms with Crippen molar-refractivity contribution in [1.82, 2.24) is 4.90 Å². The molecule has 0 spiro atoms. The highest BCUT2D eigenvalue weighted by atomic mass is 16.2. The first kappa shape index (κ1) is 13.6. The molecular weight excluding hydrogens is 212 g/mol. The lowest BCUT2D eigenvalue weighted by Crippen LogP contribution is -2.33. The maximum absolute atomic E-state index is 12.4. The first-order chi connectivity index (χ1) is 8.11. The first-order valence-corrected chi connectivity index (χ1v) is 6.26. The van der Waals surface area contributed by atoms with Crippen molar-refractivity contribution in [2.45, 2.75) is 33.6 Å². The highest BCUT2D eigenvalue weighted by Crippen LogP contribution is 2.18. The first-order valence-electron chi connectivity index (χ1n) is 6.26. The van der Waals surface area contributed by atoms with Gasteiger partial charge >= 0.3 is 0 Å². The minimum atomic E-state index is 0.0595. The van der Waals surface area contributed by atoms with Crippen LogP contribution in [0.2, 0.25) is 0 Å². The minimum absolute atomic E-state index is 0.0595. The monoisotopic (exact) mass is 234 g/mol. The van der Waals surface area contributed by atoms with Gasteiger partial charge in [-0.2, -0.15) is 0 Å². The van der Waals surface area contributed by atoms with Gasteiger partial charge in [0, 0.05) is 18.8 Å². The molecule has 3 nitrogen and oxygen atoms in total. The van der Waals surface area contributed by atoms with E-state index in [0.29, 0.717) is 11.3 Å². The maximum Gasteiger partial charge on any atom is 0.256 e. The smallest absolute Gasteiger partial charge is 0.256 e. The van der Waals surface area contributed by atoms with Gasteiger partial charge in [-0.05, 0) is 31.4 Å². The van der Waals surface area contributed by atoms with E-state index in [2.05, 4.69) is 13.8 Å². The molecule has 1 rings (SSSR count). The molecule has 0 aliphatic carbocycles. The Morgan fingerprint density at radius 3 is 2.29 bits per heavy atom. The summed E-state index contributed by atoms with van der Waals surface area (Å²) in [7, 11) is 0. The lowest BCUT2D eigenvalue weighted by molar-refractivity contribution is 0.0756. The third-order valence-corrected chi connectivity index (χ3v) is 2.79. The Hall–Kier alpha value is -1.51. The molecule has 0 aliphatic heterocycles. The molecule has 0 aliphatic rings. The molecule has 0 atom stereocenters. The van der Waals surface area contributed by atoms with E-state index in [0.717, 1.165) is 31.5 Å². The van der Waals surface area contributed by atoms with Crippen LogP contribution in [0.15, 0.2) is 18.2 Å². The molecular formula is C14H22N2O. The van der Waals surface area contributed by atoms with E-state index in [1.807, 2.05) is 24.0 Å². The average molecular weight is 234 g/mol. The van der Waals surface area contributed by atoms with Gasteiger partial charge in [0.15, 0.2) is 0 Å². The van der Waals surface area contributed by atoms with Gasteiger partial charge in [0.1, 0.15) is 0 Å². The van der Waals surface area contributed by atoms with Crippen molar-refractivity contribution < 1.29 is 4.79 Å². The third-order valence-electron chi connectivity index (χ3n) is 2.79. The van der Waals surface area contributed by atoms with Crippen molar-refractivity contribution in [2.75, 3.05) is 18.8 Å². The normalized spacial score (nSPS) is 10.3. The fraction of sp³-hybridized carbons (Fsp3) is 0.500. The second-order valence-corrected chi connectivity index (χ2v) is 4.33. The largest absolute Gasteiger partial charge is 0.398 e. The van der Waals surface area contributed by atoms with Gasteiger partial charge in [-0.15, -0.1) is 0 Å². The van der Waals surface area contributed by atoms with Crippen LogP contribution in [-0.4, -0.2) is 23.9 Å². The highest BCUT2D eigenvalue weighted by molar-refractivity contribution is 6.00. The molecule has 0 fully saturated rings. The summed E-state index contributed by atoms with van der Waals surface area (Å²) in [6, 6.07) is 5.60. The number of hydrogen-bond acceptors (Lipinski definition) is 2. The van der Waals surface area contributed by atoms with Gasteiger partial charge < -0.3 is 10.6 Å². The lowest BCUT2D eigenvalue weighted by Gasteiger charge is -2.23. The molecule has 94 valence electrons. The van der Waals surface area contributed by atoms with E-state index in [1.54, 1.807) is 6.07 Å². The van der Waals surface area contributed by atoms with Crippen LogP contribution in [0.4, 0.5) is 5.69 Å². The number of benzene rings is 1. The molecule has 3 heteroatoms. The Balaban J connectivity index is 3.00. The topological polar surface area (TPSA) is 46.3 Å². The van der Waals surface area contributed by atoms with Crippen molar-refractivity contribution >= 4 is 11.6 Å². The molecule has 17 heavy (non-hydrogen) atoms. The number of nitrogen functional groups attached to an aromatic ring is 1. The van der Waals surface area contributed by atoms with Gasteiger partial charge in [-0.1, -0.05) is 26.0 Å². The zero-order valence-corrected chi connectivity index (χ0v) is 11.0. The van der Waals surface area contributed by atoms with Gasteiger partial charge in [-0.3, -0.25) is 4.79 Å². The number of anilines is 1. The van der Waals surface area contributed by atoms with Gasteiger partial charge in [-0.25, -0.2) is 0 Å². The molecule has 1 aromatic rings. The van der Waals surface area contributed by atoms with Crippen LogP contribution in [0.25, 0.3) is 0 Å². The summed E-state index contributed by atoms with van der Waals surface area (Å²) in [5.41, 5.74) is 8.09. The number of nitrogens with zero attached hydrogens (tertiary/aromatic N) is 1. The number of aryl methyl sites for hydroxylation is 1. The Morgan fingerprint density at radius 2 is 1.82 bits per heavy atom. The van der Waals surface area contributed by atoms with Crippen LogP contribution >= 0.6 is 0 Å². The number of carbonyl (C=O) groups is 1. The molecule has 0 saturated heterocycles. The van der Waals surface area contributed by atoms with Crippen molar-refractivity contribution in [3.05, 3.63) is 29.3 Å². The maximum atomic E-state index is 12.4. The highest BCUT2D eigenvalue weighted by Gasteiger charge is 2.18. The predicted octanol–water partition coefficient (Wildman–Crippen LogP) is 2.84. The second-order valence-electron chi connectivity index (χ2n) is 4.33. The zero-order chi connectivity index (χ0) is 12.8. The number of hydrogen-bond donors (Lipinski definition) is 1. The van der Waals surface area contributed by atoms with E-state index in [-0.39, 0.29) is 5.91 Å². The van der Waals surface area contributed by atoms with Crippen LogP contribution in [0.3, 0.4) is 0 Å². The van der Waals surface area contributed by atoms with E-state index in [9.17, 15) is 4.79 Å². The van der Waals surface area contributed by atoms with Crippen molar-refractivity contribution in [2.24, 2.45) is 0 Å². The molecule has 0 aromatic heterocycles. The lowest BCUT2D eigenvalue weighted by atomic mass is 10.1. The van der Waals surface area contributed by atoms with E-state index in [1.165, 1.54) is 0 Å². The molecule has 0 unspecified atom stereocenters.